The SMILES string of the molecule is O=C(O)C1CC(=O)N(Cc2ccccn2)C1. The molecule has 1 aromatic heterocycles. The molecule has 5 heteroatoms. The summed E-state index contributed by atoms with van der Waals surface area (Å²) in [6.07, 6.45) is 1.76. The molecule has 16 heavy (non-hydrogen) atoms. The van der Waals surface area contributed by atoms with Crippen LogP contribution in [0.1, 0.15) is 12.1 Å². The molecule has 0 spiro atoms. The molecule has 0 radical (unpaired) electrons. The van der Waals surface area contributed by atoms with Gasteiger partial charge >= 0.3 is 5.97 Å². The van der Waals surface area contributed by atoms with Crippen LogP contribution >= 0.6 is 0 Å². The first-order valence-corrected chi connectivity index (χ1v) is 5.07. The van der Waals surface area contributed by atoms with E-state index in [1.807, 2.05) is 12.1 Å². The number of amides is 1. The van der Waals surface area contributed by atoms with Crippen molar-refractivity contribution in [2.75, 3.05) is 6.54 Å². The molecular weight excluding hydrogens is 208 g/mol. The summed E-state index contributed by atoms with van der Waals surface area (Å²) >= 11 is 0. The van der Waals surface area contributed by atoms with Crippen LogP contribution in [0.15, 0.2) is 24.4 Å². The molecule has 5 nitrogen and oxygen atoms in total. The first-order chi connectivity index (χ1) is 7.66. The van der Waals surface area contributed by atoms with Crippen LogP contribution in [0.25, 0.3) is 0 Å². The zero-order chi connectivity index (χ0) is 11.5. The monoisotopic (exact) mass is 220 g/mol. The molecule has 1 amide bonds. The Labute approximate surface area is 92.7 Å². The van der Waals surface area contributed by atoms with E-state index in [0.717, 1.165) is 5.69 Å². The van der Waals surface area contributed by atoms with E-state index in [2.05, 4.69) is 4.98 Å². The van der Waals surface area contributed by atoms with E-state index < -0.39 is 11.9 Å². The second-order valence-electron chi connectivity index (χ2n) is 3.83. The zero-order valence-corrected chi connectivity index (χ0v) is 8.67. The maximum atomic E-state index is 11.5. The van der Waals surface area contributed by atoms with Gasteiger partial charge in [0.2, 0.25) is 5.91 Å². The van der Waals surface area contributed by atoms with E-state index in [1.54, 1.807) is 17.2 Å². The van der Waals surface area contributed by atoms with Crippen LogP contribution in [0, 0.1) is 5.92 Å². The molecule has 1 saturated heterocycles. The summed E-state index contributed by atoms with van der Waals surface area (Å²) in [5, 5.41) is 8.82. The number of pyridine rings is 1. The Morgan fingerprint density at radius 3 is 2.94 bits per heavy atom. The number of carbonyl (C=O) groups is 2. The average Bonchev–Trinajstić information content (AvgIpc) is 2.62. The molecule has 0 saturated carbocycles. The summed E-state index contributed by atoms with van der Waals surface area (Å²) in [7, 11) is 0. The zero-order valence-electron chi connectivity index (χ0n) is 8.67. The highest BCUT2D eigenvalue weighted by atomic mass is 16.4. The van der Waals surface area contributed by atoms with Crippen LogP contribution in [-0.2, 0) is 16.1 Å². The van der Waals surface area contributed by atoms with Crippen molar-refractivity contribution in [3.63, 3.8) is 0 Å². The number of carboxylic acids is 1. The summed E-state index contributed by atoms with van der Waals surface area (Å²) in [5.41, 5.74) is 0.780. The fraction of sp³-hybridized carbons (Fsp3) is 0.364. The van der Waals surface area contributed by atoms with Gasteiger partial charge in [-0.05, 0) is 12.1 Å². The fourth-order valence-electron chi connectivity index (χ4n) is 1.78. The summed E-state index contributed by atoms with van der Waals surface area (Å²) < 4.78 is 0. The van der Waals surface area contributed by atoms with E-state index in [4.69, 9.17) is 5.11 Å². The van der Waals surface area contributed by atoms with Crippen LogP contribution < -0.4 is 0 Å². The van der Waals surface area contributed by atoms with Gasteiger partial charge in [-0.25, -0.2) is 0 Å². The molecule has 2 heterocycles. The fourth-order valence-corrected chi connectivity index (χ4v) is 1.78. The number of aromatic nitrogens is 1. The van der Waals surface area contributed by atoms with Crippen molar-refractivity contribution in [3.05, 3.63) is 30.1 Å². The van der Waals surface area contributed by atoms with E-state index in [0.29, 0.717) is 6.54 Å². The minimum atomic E-state index is -0.906. The summed E-state index contributed by atoms with van der Waals surface area (Å²) in [6.45, 7) is 0.675. The third-order valence-corrected chi connectivity index (χ3v) is 2.64. The van der Waals surface area contributed by atoms with E-state index in [9.17, 15) is 9.59 Å². The Morgan fingerprint density at radius 1 is 1.56 bits per heavy atom. The van der Waals surface area contributed by atoms with Crippen molar-refractivity contribution in [1.29, 1.82) is 0 Å². The molecule has 1 aliphatic rings. The first kappa shape index (κ1) is 10.6. The molecule has 1 fully saturated rings. The van der Waals surface area contributed by atoms with Gasteiger partial charge in [0.15, 0.2) is 0 Å². The van der Waals surface area contributed by atoms with E-state index in [-0.39, 0.29) is 18.9 Å². The van der Waals surface area contributed by atoms with Gasteiger partial charge in [-0.2, -0.15) is 0 Å². The van der Waals surface area contributed by atoms with Gasteiger partial charge in [-0.1, -0.05) is 6.07 Å². The highest BCUT2D eigenvalue weighted by Gasteiger charge is 2.34. The third-order valence-electron chi connectivity index (χ3n) is 2.64. The van der Waals surface area contributed by atoms with Gasteiger partial charge < -0.3 is 10.0 Å². The van der Waals surface area contributed by atoms with Crippen LogP contribution in [0.4, 0.5) is 0 Å². The molecule has 84 valence electrons. The van der Waals surface area contributed by atoms with Gasteiger partial charge in [0.05, 0.1) is 18.2 Å². The highest BCUT2D eigenvalue weighted by Crippen LogP contribution is 2.19. The molecule has 1 aliphatic heterocycles. The number of likely N-dealkylation sites (tertiary alicyclic amines) is 1. The number of hydrogen-bond donors (Lipinski definition) is 1. The molecule has 0 bridgehead atoms. The average molecular weight is 220 g/mol. The molecule has 2 rings (SSSR count). The van der Waals surface area contributed by atoms with Gasteiger partial charge in [0.25, 0.3) is 0 Å². The summed E-state index contributed by atoms with van der Waals surface area (Å²) in [5.74, 6) is -1.59. The van der Waals surface area contributed by atoms with Crippen LogP contribution in [0.5, 0.6) is 0 Å². The largest absolute Gasteiger partial charge is 0.481 e. The van der Waals surface area contributed by atoms with Gasteiger partial charge in [0, 0.05) is 19.2 Å². The van der Waals surface area contributed by atoms with Crippen molar-refractivity contribution >= 4 is 11.9 Å². The Bertz CT molecular complexity index is 405. The number of nitrogens with zero attached hydrogens (tertiary/aromatic N) is 2. The molecule has 1 atom stereocenters. The van der Waals surface area contributed by atoms with Gasteiger partial charge in [0.1, 0.15) is 0 Å². The lowest BCUT2D eigenvalue weighted by Gasteiger charge is -2.14. The summed E-state index contributed by atoms with van der Waals surface area (Å²) in [6, 6.07) is 5.47. The number of hydrogen-bond acceptors (Lipinski definition) is 3. The molecule has 1 N–H and O–H groups in total. The smallest absolute Gasteiger partial charge is 0.308 e. The van der Waals surface area contributed by atoms with E-state index in [1.165, 1.54) is 0 Å². The Kier molecular flexibility index (Phi) is 2.85. The van der Waals surface area contributed by atoms with Crippen molar-refractivity contribution in [3.8, 4) is 0 Å². The Morgan fingerprint density at radius 2 is 2.38 bits per heavy atom. The molecule has 0 aromatic carbocycles. The number of aliphatic carboxylic acids is 1. The number of carboxylic acid groups (broad SMARTS) is 1. The molecule has 0 aliphatic carbocycles. The maximum Gasteiger partial charge on any atom is 0.308 e. The predicted molar refractivity (Wildman–Crippen MR) is 55.4 cm³/mol. The van der Waals surface area contributed by atoms with Gasteiger partial charge in [-0.3, -0.25) is 14.6 Å². The second kappa shape index (κ2) is 4.30. The highest BCUT2D eigenvalue weighted by molar-refractivity contribution is 5.85. The lowest BCUT2D eigenvalue weighted by Crippen LogP contribution is -2.26. The predicted octanol–water partition coefficient (Wildman–Crippen LogP) is 0.515. The Hall–Kier alpha value is -1.91. The molecule has 1 unspecified atom stereocenters. The number of rotatable bonds is 3. The van der Waals surface area contributed by atoms with E-state index >= 15 is 0 Å². The normalized spacial score (nSPS) is 20.1. The van der Waals surface area contributed by atoms with Crippen molar-refractivity contribution < 1.29 is 14.7 Å². The maximum absolute atomic E-state index is 11.5. The first-order valence-electron chi connectivity index (χ1n) is 5.07. The topological polar surface area (TPSA) is 70.5 Å². The second-order valence-corrected chi connectivity index (χ2v) is 3.83. The Balaban J connectivity index is 2.02. The quantitative estimate of drug-likeness (QED) is 0.805. The third kappa shape index (κ3) is 2.18. The number of carbonyl (C=O) groups excluding carboxylic acids is 1. The summed E-state index contributed by atoms with van der Waals surface area (Å²) in [4.78, 5) is 27.9. The van der Waals surface area contributed by atoms with Crippen molar-refractivity contribution in [2.45, 2.75) is 13.0 Å². The van der Waals surface area contributed by atoms with Crippen LogP contribution in [-0.4, -0.2) is 33.4 Å². The molecule has 1 aromatic rings. The standard InChI is InChI=1S/C11H12N2O3/c14-10-5-8(11(15)16)6-13(10)7-9-3-1-2-4-12-9/h1-4,8H,5-7H2,(H,15,16). The molecular formula is C11H12N2O3. The minimum Gasteiger partial charge on any atom is -0.481 e. The van der Waals surface area contributed by atoms with Crippen LogP contribution in [0.2, 0.25) is 0 Å². The lowest BCUT2D eigenvalue weighted by atomic mass is 10.1. The van der Waals surface area contributed by atoms with Crippen molar-refractivity contribution in [1.82, 2.24) is 9.88 Å². The van der Waals surface area contributed by atoms with Gasteiger partial charge in [-0.15, -0.1) is 0 Å². The van der Waals surface area contributed by atoms with Crippen LogP contribution in [0.3, 0.4) is 0 Å². The minimum absolute atomic E-state index is 0.0994. The van der Waals surface area contributed by atoms with Crippen molar-refractivity contribution in [2.24, 2.45) is 5.92 Å². The lowest BCUT2D eigenvalue weighted by molar-refractivity contribution is -0.141.